The summed E-state index contributed by atoms with van der Waals surface area (Å²) in [7, 11) is 1.36. The summed E-state index contributed by atoms with van der Waals surface area (Å²) in [6.45, 7) is 3.88. The largest absolute Gasteiger partial charge is 0.350 e. The molecule has 0 aliphatic rings. The smallest absolute Gasteiger partial charge is 0.261 e. The number of amides is 1. The lowest BCUT2D eigenvalue weighted by Crippen LogP contribution is -2.32. The van der Waals surface area contributed by atoms with Crippen LogP contribution in [0.2, 0.25) is 5.02 Å². The first-order chi connectivity index (χ1) is 8.75. The first-order valence-corrected chi connectivity index (χ1v) is 8.49. The van der Waals surface area contributed by atoms with Gasteiger partial charge in [0.15, 0.2) is 0 Å². The van der Waals surface area contributed by atoms with Crippen molar-refractivity contribution in [3.63, 3.8) is 0 Å². The van der Waals surface area contributed by atoms with E-state index in [1.807, 2.05) is 13.8 Å². The molecule has 0 bridgehead atoms. The zero-order valence-electron chi connectivity index (χ0n) is 10.6. The van der Waals surface area contributed by atoms with Crippen molar-refractivity contribution in [2.75, 3.05) is 0 Å². The van der Waals surface area contributed by atoms with Gasteiger partial charge in [0.1, 0.15) is 0 Å². The first-order valence-electron chi connectivity index (χ1n) is 5.80. The number of rotatable bonds is 5. The van der Waals surface area contributed by atoms with E-state index in [-0.39, 0.29) is 21.5 Å². The van der Waals surface area contributed by atoms with E-state index in [0.717, 1.165) is 12.8 Å². The molecule has 1 amide bonds. The molecule has 0 heterocycles. The van der Waals surface area contributed by atoms with Gasteiger partial charge in [0.25, 0.3) is 15.0 Å². The Morgan fingerprint density at radius 1 is 1.42 bits per heavy atom. The molecule has 19 heavy (non-hydrogen) atoms. The molecule has 0 aliphatic heterocycles. The maximum Gasteiger partial charge on any atom is 0.261 e. The summed E-state index contributed by atoms with van der Waals surface area (Å²) >= 11 is 5.90. The second kappa shape index (κ2) is 6.59. The Morgan fingerprint density at radius 2 is 2.05 bits per heavy atom. The standard InChI is InChI=1S/C12H15Cl2NO3S/c1-3-4-8(2)15-12(16)10-7-9(19(14,17)18)5-6-11(10)13/h5-8H,3-4H2,1-2H3,(H,15,16). The molecular weight excluding hydrogens is 309 g/mol. The molecule has 1 aromatic carbocycles. The van der Waals surface area contributed by atoms with Gasteiger partial charge in [0, 0.05) is 16.7 Å². The van der Waals surface area contributed by atoms with Crippen LogP contribution in [0.3, 0.4) is 0 Å². The molecule has 106 valence electrons. The molecule has 4 nitrogen and oxygen atoms in total. The van der Waals surface area contributed by atoms with E-state index in [9.17, 15) is 13.2 Å². The lowest BCUT2D eigenvalue weighted by atomic mass is 10.1. The first kappa shape index (κ1) is 16.3. The Hall–Kier alpha value is -0.780. The Labute approximate surface area is 122 Å². The van der Waals surface area contributed by atoms with Gasteiger partial charge in [-0.1, -0.05) is 24.9 Å². The Morgan fingerprint density at radius 3 is 2.58 bits per heavy atom. The molecule has 0 aliphatic carbocycles. The van der Waals surface area contributed by atoms with E-state index < -0.39 is 15.0 Å². The number of carbonyl (C=O) groups excluding carboxylic acids is 1. The maximum absolute atomic E-state index is 12.0. The summed E-state index contributed by atoms with van der Waals surface area (Å²) < 4.78 is 22.5. The van der Waals surface area contributed by atoms with Gasteiger partial charge in [-0.3, -0.25) is 4.79 Å². The lowest BCUT2D eigenvalue weighted by Gasteiger charge is -2.13. The highest BCUT2D eigenvalue weighted by Crippen LogP contribution is 2.23. The molecule has 1 unspecified atom stereocenters. The summed E-state index contributed by atoms with van der Waals surface area (Å²) in [5, 5.41) is 2.94. The second-order valence-electron chi connectivity index (χ2n) is 4.24. The van der Waals surface area contributed by atoms with E-state index in [1.165, 1.54) is 18.2 Å². The van der Waals surface area contributed by atoms with Crippen LogP contribution < -0.4 is 5.32 Å². The molecule has 1 rings (SSSR count). The van der Waals surface area contributed by atoms with Crippen molar-refractivity contribution in [3.8, 4) is 0 Å². The highest BCUT2D eigenvalue weighted by Gasteiger charge is 2.17. The SMILES string of the molecule is CCCC(C)NC(=O)c1cc(S(=O)(=O)Cl)ccc1Cl. The number of benzene rings is 1. The molecule has 1 N–H and O–H groups in total. The van der Waals surface area contributed by atoms with Crippen LogP contribution in [0.1, 0.15) is 37.0 Å². The van der Waals surface area contributed by atoms with Crippen molar-refractivity contribution in [2.45, 2.75) is 37.6 Å². The average Bonchev–Trinajstić information content (AvgIpc) is 2.27. The maximum atomic E-state index is 12.0. The van der Waals surface area contributed by atoms with Crippen LogP contribution in [-0.4, -0.2) is 20.4 Å². The van der Waals surface area contributed by atoms with E-state index in [0.29, 0.717) is 0 Å². The van der Waals surface area contributed by atoms with E-state index in [4.69, 9.17) is 22.3 Å². The van der Waals surface area contributed by atoms with Gasteiger partial charge < -0.3 is 5.32 Å². The number of hydrogen-bond donors (Lipinski definition) is 1. The van der Waals surface area contributed by atoms with E-state index in [1.54, 1.807) is 0 Å². The summed E-state index contributed by atoms with van der Waals surface area (Å²) in [4.78, 5) is 11.9. The molecule has 0 saturated heterocycles. The highest BCUT2D eigenvalue weighted by atomic mass is 35.7. The summed E-state index contributed by atoms with van der Waals surface area (Å²) in [6, 6.07) is 3.77. The van der Waals surface area contributed by atoms with E-state index >= 15 is 0 Å². The lowest BCUT2D eigenvalue weighted by molar-refractivity contribution is 0.0938. The quantitative estimate of drug-likeness (QED) is 0.846. The zero-order chi connectivity index (χ0) is 14.6. The normalized spacial score (nSPS) is 13.1. The zero-order valence-corrected chi connectivity index (χ0v) is 12.9. The molecule has 0 radical (unpaired) electrons. The van der Waals surface area contributed by atoms with E-state index in [2.05, 4.69) is 5.32 Å². The van der Waals surface area contributed by atoms with Crippen molar-refractivity contribution in [3.05, 3.63) is 28.8 Å². The Kier molecular flexibility index (Phi) is 5.64. The monoisotopic (exact) mass is 323 g/mol. The predicted molar refractivity (Wildman–Crippen MR) is 76.3 cm³/mol. The van der Waals surface area contributed by atoms with Crippen LogP contribution >= 0.6 is 22.3 Å². The van der Waals surface area contributed by atoms with Crippen molar-refractivity contribution < 1.29 is 13.2 Å². The number of halogens is 2. The van der Waals surface area contributed by atoms with Crippen LogP contribution in [-0.2, 0) is 9.05 Å². The topological polar surface area (TPSA) is 63.2 Å². The average molecular weight is 324 g/mol. The van der Waals surface area contributed by atoms with Gasteiger partial charge in [-0.15, -0.1) is 0 Å². The molecule has 0 aromatic heterocycles. The third kappa shape index (κ3) is 4.67. The third-order valence-corrected chi connectivity index (χ3v) is 4.24. The summed E-state index contributed by atoms with van der Waals surface area (Å²) in [5.41, 5.74) is 0.103. The van der Waals surface area contributed by atoms with Crippen molar-refractivity contribution in [2.24, 2.45) is 0 Å². The van der Waals surface area contributed by atoms with Crippen LogP contribution in [0.15, 0.2) is 23.1 Å². The third-order valence-electron chi connectivity index (χ3n) is 2.56. The van der Waals surface area contributed by atoms with Gasteiger partial charge in [-0.2, -0.15) is 0 Å². The Bertz CT molecular complexity index is 572. The molecule has 1 aromatic rings. The van der Waals surface area contributed by atoms with Crippen molar-refractivity contribution >= 4 is 37.2 Å². The van der Waals surface area contributed by atoms with Gasteiger partial charge in [0.2, 0.25) is 0 Å². The summed E-state index contributed by atoms with van der Waals surface area (Å²) in [5.74, 6) is -0.409. The number of nitrogens with one attached hydrogen (secondary N) is 1. The van der Waals surface area contributed by atoms with Crippen molar-refractivity contribution in [1.29, 1.82) is 0 Å². The predicted octanol–water partition coefficient (Wildman–Crippen LogP) is 3.19. The minimum absolute atomic E-state index is 0.00942. The minimum Gasteiger partial charge on any atom is -0.350 e. The molecular formula is C12H15Cl2NO3S. The number of hydrogen-bond acceptors (Lipinski definition) is 3. The highest BCUT2D eigenvalue weighted by molar-refractivity contribution is 8.13. The van der Waals surface area contributed by atoms with Gasteiger partial charge in [-0.05, 0) is 31.5 Å². The van der Waals surface area contributed by atoms with Crippen molar-refractivity contribution in [1.82, 2.24) is 5.32 Å². The van der Waals surface area contributed by atoms with Crippen LogP contribution in [0.5, 0.6) is 0 Å². The second-order valence-corrected chi connectivity index (χ2v) is 7.22. The van der Waals surface area contributed by atoms with Gasteiger partial charge in [-0.25, -0.2) is 8.42 Å². The molecule has 0 fully saturated rings. The summed E-state index contributed by atoms with van der Waals surface area (Å²) in [6.07, 6.45) is 1.77. The minimum atomic E-state index is -3.88. The fourth-order valence-corrected chi connectivity index (χ4v) is 2.62. The van der Waals surface area contributed by atoms with Gasteiger partial charge >= 0.3 is 0 Å². The molecule has 0 spiro atoms. The number of carbonyl (C=O) groups is 1. The van der Waals surface area contributed by atoms with Crippen LogP contribution in [0.4, 0.5) is 0 Å². The molecule has 0 saturated carbocycles. The molecule has 1 atom stereocenters. The van der Waals surface area contributed by atoms with Gasteiger partial charge in [0.05, 0.1) is 15.5 Å². The van der Waals surface area contributed by atoms with Crippen LogP contribution in [0.25, 0.3) is 0 Å². The fraction of sp³-hybridized carbons (Fsp3) is 0.417. The molecule has 7 heteroatoms. The Balaban J connectivity index is 3.03. The van der Waals surface area contributed by atoms with Crippen LogP contribution in [0, 0.1) is 0 Å². The fourth-order valence-electron chi connectivity index (χ4n) is 1.64.